The van der Waals surface area contributed by atoms with E-state index in [1.807, 2.05) is 243 Å². The number of pyridine rings is 2. The lowest BCUT2D eigenvalue weighted by molar-refractivity contribution is -0.113. The molecule has 0 radical (unpaired) electrons. The van der Waals surface area contributed by atoms with Gasteiger partial charge in [-0.25, -0.2) is 74.8 Å². The number of phenolic OH excluding ortho intramolecular Hbond substituents is 1. The van der Waals surface area contributed by atoms with Gasteiger partial charge in [0.25, 0.3) is 0 Å². The van der Waals surface area contributed by atoms with E-state index in [0.717, 1.165) is 100 Å². The predicted molar refractivity (Wildman–Crippen MR) is 554 cm³/mol. The van der Waals surface area contributed by atoms with Crippen LogP contribution in [0.2, 0.25) is 0 Å². The number of nitrogens with zero attached hydrogens (tertiary/aromatic N) is 17. The zero-order valence-electron chi connectivity index (χ0n) is 82.9. The summed E-state index contributed by atoms with van der Waals surface area (Å²) in [4.78, 5) is 78.9. The van der Waals surface area contributed by atoms with E-state index in [1.165, 1.54) is 53.1 Å². The molecule has 0 saturated heterocycles. The van der Waals surface area contributed by atoms with Crippen molar-refractivity contribution in [2.45, 2.75) is 94.2 Å². The summed E-state index contributed by atoms with van der Waals surface area (Å²) >= 11 is 0. The van der Waals surface area contributed by atoms with Crippen LogP contribution in [0.5, 0.6) is 11.5 Å². The zero-order valence-corrected chi connectivity index (χ0v) is 82.9. The molecule has 34 heteroatoms. The number of methoxy groups -OCH3 is 1. The number of guanidine groups is 7. The number of hydroxylamine groups is 14. The minimum absolute atomic E-state index is 0.249. The van der Waals surface area contributed by atoms with Crippen LogP contribution in [0.25, 0.3) is 55.6 Å². The van der Waals surface area contributed by atoms with Crippen molar-refractivity contribution in [1.82, 2.24) is 45.4 Å². The number of nitrogens with two attached hydrogens (primary N) is 7. The molecule has 7 unspecified atom stereocenters. The van der Waals surface area contributed by atoms with Crippen LogP contribution in [-0.2, 0) is 72.6 Å². The minimum atomic E-state index is -0.556. The molecule has 142 heavy (non-hydrogen) atoms. The number of nitriles is 1. The summed E-state index contributed by atoms with van der Waals surface area (Å²) in [7, 11) is 13.9. The Labute approximate surface area is 828 Å². The molecule has 7 aliphatic rings. The van der Waals surface area contributed by atoms with Crippen LogP contribution in [0.15, 0.2) is 327 Å². The first kappa shape index (κ1) is 104. The zero-order chi connectivity index (χ0) is 102. The minimum Gasteiger partial charge on any atom is -0.508 e. The SMILES string of the molecule is CN1OCC(C)(c2cccc(-c3ccc(C#N)cc3)c2)N=C1N.CN1OCC(C)(c2cccc(-c3cccc(F)c3)c2)N=C1N.CN1OCC(C)(c2cccc(-c3cccc(O)c3)c2)N=C1N.CN1OCC(C)(c2cccc(-c3cccnc3)c2)N=C1N.CN1OCC(C)(c2ccccc2)N=C1N.COc1ccncc1-c1cccc(C2(C)CON(C)C(N)=N2)c1.Cc1cccc(C2(C)CON(C)C(N)=N2)c1. The lowest BCUT2D eigenvalue weighted by atomic mass is 9.90. The molecule has 19 rings (SSSR count). The maximum absolute atomic E-state index is 13.4. The van der Waals surface area contributed by atoms with Crippen LogP contribution in [0.3, 0.4) is 0 Å². The number of aromatic hydroxyl groups is 1. The molecule has 0 amide bonds. The van der Waals surface area contributed by atoms with Gasteiger partial charge >= 0.3 is 0 Å². The third-order valence-electron chi connectivity index (χ3n) is 25.0. The third kappa shape index (κ3) is 25.4. The first-order valence-electron chi connectivity index (χ1n) is 45.9. The van der Waals surface area contributed by atoms with Gasteiger partial charge in [0.05, 0.1) is 18.7 Å². The quantitative estimate of drug-likeness (QED) is 0.0531. The second-order valence-electron chi connectivity index (χ2n) is 36.3. The van der Waals surface area contributed by atoms with E-state index >= 15 is 0 Å². The van der Waals surface area contributed by atoms with Crippen LogP contribution in [0.4, 0.5) is 4.39 Å². The fraction of sp³-hybridized carbons (Fsp3) is 0.278. The summed E-state index contributed by atoms with van der Waals surface area (Å²) in [5, 5.41) is 28.9. The number of aliphatic imine (C=N–C) groups is 7. The van der Waals surface area contributed by atoms with Crippen molar-refractivity contribution in [3.8, 4) is 73.2 Å². The second-order valence-corrected chi connectivity index (χ2v) is 36.3. The van der Waals surface area contributed by atoms with Gasteiger partial charge in [-0.2, -0.15) is 5.26 Å². The number of halogens is 1. The highest BCUT2D eigenvalue weighted by Crippen LogP contribution is 2.41. The fourth-order valence-electron chi connectivity index (χ4n) is 15.9. The van der Waals surface area contributed by atoms with Crippen LogP contribution in [0, 0.1) is 24.1 Å². The molecule has 7 aliphatic heterocycles. The van der Waals surface area contributed by atoms with Crippen molar-refractivity contribution in [2.75, 3.05) is 103 Å². The summed E-state index contributed by atoms with van der Waals surface area (Å²) in [5.74, 6) is 3.41. The van der Waals surface area contributed by atoms with Crippen LogP contribution in [0.1, 0.15) is 98.5 Å². The van der Waals surface area contributed by atoms with Crippen LogP contribution < -0.4 is 44.9 Å². The van der Waals surface area contributed by atoms with Crippen molar-refractivity contribution >= 4 is 41.7 Å². The molecule has 0 fully saturated rings. The topological polar surface area (TPSA) is 435 Å². The first-order chi connectivity index (χ1) is 67.7. The highest BCUT2D eigenvalue weighted by Gasteiger charge is 2.40. The fourth-order valence-corrected chi connectivity index (χ4v) is 15.9. The molecule has 2 aromatic heterocycles. The van der Waals surface area contributed by atoms with E-state index in [9.17, 15) is 9.50 Å². The van der Waals surface area contributed by atoms with Crippen molar-refractivity contribution in [3.05, 3.63) is 348 Å². The monoisotopic (exact) mass is 1920 g/mol. The van der Waals surface area contributed by atoms with E-state index in [1.54, 1.807) is 93.2 Å². The lowest BCUT2D eigenvalue weighted by Crippen LogP contribution is -2.45. The average Bonchev–Trinajstić information content (AvgIpc) is 0.817. The standard InChI is InChI=1S/C18H18N4O.C17H18FN3O.C17H20N4O2.C17H19N3O2.C16H18N4O.C12H17N3O.C11H15N3O/c1-18(12-23-22(2)17(20)21-18)16-5-3-4-15(10-16)14-8-6-13(11-19)7-9-14;1-17(11-22-21(2)16(19)20-17)14-7-3-5-12(9-14)13-6-4-8-15(18)10-13;1-17(11-23-21(2)16(18)20-17)13-6-4-5-12(9-13)14-10-19-8-7-15(14)22-3;1-17(11-22-20(2)16(18)19-17)14-7-3-5-12(9-14)13-6-4-8-15(21)10-13;1-16(11-21-20(2)15(17)19-16)14-7-3-5-12(9-14)13-6-4-8-18-10-13;1-9-5-4-6-10(7-9)12(2)8-16-15(3)11(13)14-12;1-11(9-6-4-3-5-7-9)8-15-14(2)10(12)13-11/h3-10H,12H2,1-2H3,(H2,20,21);3-10H,11H2,1-2H3,(H2,19,20);4-10H,11H2,1-3H3,(H2,18,20);3-10,21H,11H2,1-2H3,(H2,18,19);3-10H,11H2,1-2H3,(H2,17,19);4-7H,8H2,1-3H3,(H2,13,14);3-7H,8H2,1-2H3,(H2,12,13). The molecule has 0 bridgehead atoms. The number of benzene rings is 10. The largest absolute Gasteiger partial charge is 0.508 e. The maximum Gasteiger partial charge on any atom is 0.216 e. The molecular weight excluding hydrogens is 1800 g/mol. The highest BCUT2D eigenvalue weighted by molar-refractivity contribution is 5.82. The highest BCUT2D eigenvalue weighted by atomic mass is 19.1. The smallest absolute Gasteiger partial charge is 0.216 e. The van der Waals surface area contributed by atoms with E-state index in [2.05, 4.69) is 106 Å². The van der Waals surface area contributed by atoms with E-state index in [-0.39, 0.29) is 22.6 Å². The van der Waals surface area contributed by atoms with Crippen molar-refractivity contribution in [2.24, 2.45) is 75.1 Å². The number of ether oxygens (including phenoxy) is 1. The molecule has 9 heterocycles. The molecule has 7 atom stereocenters. The van der Waals surface area contributed by atoms with Crippen molar-refractivity contribution in [1.29, 1.82) is 5.26 Å². The Kier molecular flexibility index (Phi) is 32.8. The summed E-state index contributed by atoms with van der Waals surface area (Å²) < 4.78 is 18.8. The van der Waals surface area contributed by atoms with E-state index < -0.39 is 27.7 Å². The summed E-state index contributed by atoms with van der Waals surface area (Å²) in [6.45, 7) is 19.3. The summed E-state index contributed by atoms with van der Waals surface area (Å²) in [6, 6.07) is 87.9. The average molecular weight is 1920 g/mol. The number of hydrogen-bond donors (Lipinski definition) is 8. The van der Waals surface area contributed by atoms with Crippen LogP contribution >= 0.6 is 0 Å². The van der Waals surface area contributed by atoms with Gasteiger partial charge in [-0.1, -0.05) is 194 Å². The number of aromatic nitrogens is 2. The Hall–Kier alpha value is -15.9. The molecular formula is C108H125FN24O9. The Bertz CT molecular complexity index is 6550. The van der Waals surface area contributed by atoms with Gasteiger partial charge in [0.2, 0.25) is 41.7 Å². The normalized spacial score (nSPS) is 22.3. The number of aryl methyl sites for hydroxylation is 1. The molecule has 33 nitrogen and oxygen atoms in total. The summed E-state index contributed by atoms with van der Waals surface area (Å²) in [5.41, 5.74) is 56.8. The van der Waals surface area contributed by atoms with Gasteiger partial charge in [-0.05, 0) is 223 Å². The molecule has 12 aromatic rings. The Morgan fingerprint density at radius 3 is 0.930 bits per heavy atom. The van der Waals surface area contributed by atoms with Gasteiger partial charge in [0, 0.05) is 79.7 Å². The van der Waals surface area contributed by atoms with Gasteiger partial charge in [0.1, 0.15) is 102 Å². The Morgan fingerprint density at radius 1 is 0.310 bits per heavy atom. The molecule has 0 aliphatic carbocycles. The number of rotatable bonds is 13. The first-order valence-corrected chi connectivity index (χ1v) is 45.9. The predicted octanol–water partition coefficient (Wildman–Crippen LogP) is 14.8. The number of phenols is 1. The van der Waals surface area contributed by atoms with Gasteiger partial charge in [0.15, 0.2) is 0 Å². The molecule has 0 spiro atoms. The lowest BCUT2D eigenvalue weighted by Gasteiger charge is -2.34. The van der Waals surface area contributed by atoms with Crippen molar-refractivity contribution in [3.63, 3.8) is 0 Å². The molecule has 10 aromatic carbocycles. The van der Waals surface area contributed by atoms with E-state index in [0.29, 0.717) is 93.5 Å². The summed E-state index contributed by atoms with van der Waals surface area (Å²) in [6.07, 6.45) is 7.13. The van der Waals surface area contributed by atoms with Crippen molar-refractivity contribution < 1.29 is 48.1 Å². The Balaban J connectivity index is 0.000000140. The van der Waals surface area contributed by atoms with Gasteiger partial charge < -0.3 is 50.0 Å². The number of hydrogen-bond acceptors (Lipinski definition) is 33. The van der Waals surface area contributed by atoms with E-state index in [4.69, 9.17) is 84.0 Å². The maximum atomic E-state index is 13.4. The second kappa shape index (κ2) is 44.9. The van der Waals surface area contributed by atoms with Crippen LogP contribution in [-0.4, -0.2) is 195 Å². The molecule has 15 N–H and O–H groups in total. The third-order valence-corrected chi connectivity index (χ3v) is 25.0. The molecule has 738 valence electrons. The van der Waals surface area contributed by atoms with Gasteiger partial charge in [-0.3, -0.25) is 43.8 Å². The van der Waals surface area contributed by atoms with Gasteiger partial charge in [-0.15, -0.1) is 0 Å². The Morgan fingerprint density at radius 2 is 0.599 bits per heavy atom. The molecule has 0 saturated carbocycles.